The molecule has 23 heavy (non-hydrogen) atoms. The molecule has 0 aliphatic rings. The lowest BCUT2D eigenvalue weighted by Gasteiger charge is -2.18. The smallest absolute Gasteiger partial charge is 0.251 e. The second kappa shape index (κ2) is 10.6. The summed E-state index contributed by atoms with van der Waals surface area (Å²) in [6.07, 6.45) is 2.31. The summed E-state index contributed by atoms with van der Waals surface area (Å²) >= 11 is 0. The van der Waals surface area contributed by atoms with Crippen molar-refractivity contribution in [2.24, 2.45) is 10.9 Å². The number of carbonyl (C=O) groups is 1. The minimum Gasteiger partial charge on any atom is -0.355 e. The molecule has 5 nitrogen and oxygen atoms in total. The predicted octanol–water partition coefficient (Wildman–Crippen LogP) is 2.41. The fraction of sp³-hybridized carbons (Fsp3) is 0.556. The van der Waals surface area contributed by atoms with E-state index >= 15 is 0 Å². The minimum atomic E-state index is -0.0550. The summed E-state index contributed by atoms with van der Waals surface area (Å²) in [5.41, 5.74) is 0.678. The highest BCUT2D eigenvalue weighted by molar-refractivity contribution is 5.94. The number of carbonyl (C=O) groups excluding carboxylic acids is 1. The summed E-state index contributed by atoms with van der Waals surface area (Å²) < 4.78 is 0. The van der Waals surface area contributed by atoms with Crippen molar-refractivity contribution in [3.05, 3.63) is 35.9 Å². The molecule has 1 rings (SSSR count). The number of guanidine groups is 1. The lowest BCUT2D eigenvalue weighted by Crippen LogP contribution is -2.44. The Kier molecular flexibility index (Phi) is 8.80. The van der Waals surface area contributed by atoms with Crippen molar-refractivity contribution < 1.29 is 4.79 Å². The van der Waals surface area contributed by atoms with E-state index in [2.05, 4.69) is 41.7 Å². The zero-order chi connectivity index (χ0) is 17.1. The van der Waals surface area contributed by atoms with Crippen LogP contribution in [0.3, 0.4) is 0 Å². The summed E-state index contributed by atoms with van der Waals surface area (Å²) in [6, 6.07) is 9.60. The summed E-state index contributed by atoms with van der Waals surface area (Å²) in [7, 11) is 1.76. The van der Waals surface area contributed by atoms with E-state index in [0.717, 1.165) is 12.4 Å². The maximum absolute atomic E-state index is 11.9. The summed E-state index contributed by atoms with van der Waals surface area (Å²) in [5.74, 6) is 1.43. The Labute approximate surface area is 140 Å². The molecule has 0 aliphatic carbocycles. The van der Waals surface area contributed by atoms with E-state index in [1.165, 1.54) is 6.42 Å². The third-order valence-electron chi connectivity index (χ3n) is 3.52. The molecule has 1 amide bonds. The average Bonchev–Trinajstić information content (AvgIpc) is 2.56. The number of nitrogens with zero attached hydrogens (tertiary/aromatic N) is 1. The van der Waals surface area contributed by atoms with Crippen LogP contribution in [0.2, 0.25) is 0 Å². The first kappa shape index (κ1) is 19.0. The van der Waals surface area contributed by atoms with Crippen molar-refractivity contribution in [1.29, 1.82) is 0 Å². The van der Waals surface area contributed by atoms with Crippen LogP contribution in [-0.4, -0.2) is 38.0 Å². The first-order valence-electron chi connectivity index (χ1n) is 8.33. The van der Waals surface area contributed by atoms with Crippen molar-refractivity contribution in [3.63, 3.8) is 0 Å². The number of hydrogen-bond acceptors (Lipinski definition) is 2. The van der Waals surface area contributed by atoms with Gasteiger partial charge in [0.1, 0.15) is 0 Å². The molecule has 0 aromatic heterocycles. The molecule has 3 N–H and O–H groups in total. The van der Waals surface area contributed by atoms with Gasteiger partial charge in [-0.15, -0.1) is 0 Å². The highest BCUT2D eigenvalue weighted by Crippen LogP contribution is 2.06. The van der Waals surface area contributed by atoms with Crippen LogP contribution in [0.5, 0.6) is 0 Å². The molecule has 1 aromatic carbocycles. The number of rotatable bonds is 8. The molecule has 128 valence electrons. The first-order valence-corrected chi connectivity index (χ1v) is 8.33. The van der Waals surface area contributed by atoms with E-state index in [1.807, 2.05) is 18.2 Å². The van der Waals surface area contributed by atoms with Crippen LogP contribution in [0.1, 0.15) is 44.0 Å². The minimum absolute atomic E-state index is 0.0550. The molecule has 0 heterocycles. The Morgan fingerprint density at radius 1 is 1.04 bits per heavy atom. The van der Waals surface area contributed by atoms with Crippen LogP contribution < -0.4 is 16.0 Å². The molecule has 0 spiro atoms. The first-order chi connectivity index (χ1) is 11.0. The zero-order valence-electron chi connectivity index (χ0n) is 14.7. The van der Waals surface area contributed by atoms with E-state index in [4.69, 9.17) is 0 Å². The number of amides is 1. The van der Waals surface area contributed by atoms with Crippen molar-refractivity contribution in [2.75, 3.05) is 20.1 Å². The number of hydrogen-bond donors (Lipinski definition) is 3. The molecule has 0 fully saturated rings. The van der Waals surface area contributed by atoms with Crippen LogP contribution >= 0.6 is 0 Å². The van der Waals surface area contributed by atoms with Crippen LogP contribution in [0, 0.1) is 5.92 Å². The molecule has 0 bridgehead atoms. The molecule has 1 aromatic rings. The molecule has 1 unspecified atom stereocenters. The Balaban J connectivity index is 2.23. The van der Waals surface area contributed by atoms with Gasteiger partial charge < -0.3 is 16.0 Å². The molecule has 0 saturated carbocycles. The van der Waals surface area contributed by atoms with Gasteiger partial charge in [0.2, 0.25) is 0 Å². The second-order valence-corrected chi connectivity index (χ2v) is 6.14. The highest BCUT2D eigenvalue weighted by Gasteiger charge is 2.07. The third kappa shape index (κ3) is 8.24. The van der Waals surface area contributed by atoms with Gasteiger partial charge in [-0.2, -0.15) is 0 Å². The standard InChI is InChI=1S/C18H30N4O/c1-14(2)10-11-15(3)22-18(19-4)21-13-12-20-17(23)16-8-6-5-7-9-16/h5-9,14-15H,10-13H2,1-4H3,(H,20,23)(H2,19,21,22). The molecule has 5 heteroatoms. The van der Waals surface area contributed by atoms with Crippen LogP contribution in [-0.2, 0) is 0 Å². The van der Waals surface area contributed by atoms with E-state index in [1.54, 1.807) is 19.2 Å². The largest absolute Gasteiger partial charge is 0.355 e. The van der Waals surface area contributed by atoms with Crippen LogP contribution in [0.25, 0.3) is 0 Å². The fourth-order valence-electron chi connectivity index (χ4n) is 2.13. The van der Waals surface area contributed by atoms with E-state index in [0.29, 0.717) is 30.6 Å². The van der Waals surface area contributed by atoms with Crippen molar-refractivity contribution >= 4 is 11.9 Å². The topological polar surface area (TPSA) is 65.5 Å². The SMILES string of the molecule is CN=C(NCCNC(=O)c1ccccc1)NC(C)CCC(C)C. The second-order valence-electron chi connectivity index (χ2n) is 6.14. The molecule has 0 aliphatic heterocycles. The van der Waals surface area contributed by atoms with Gasteiger partial charge >= 0.3 is 0 Å². The van der Waals surface area contributed by atoms with Gasteiger partial charge in [-0.1, -0.05) is 32.0 Å². The van der Waals surface area contributed by atoms with Gasteiger partial charge in [-0.3, -0.25) is 9.79 Å². The summed E-state index contributed by atoms with van der Waals surface area (Å²) in [5, 5.41) is 9.47. The van der Waals surface area contributed by atoms with Gasteiger partial charge in [0.15, 0.2) is 5.96 Å². The lowest BCUT2D eigenvalue weighted by molar-refractivity contribution is 0.0954. The van der Waals surface area contributed by atoms with Gasteiger partial charge in [0, 0.05) is 31.7 Å². The van der Waals surface area contributed by atoms with Gasteiger partial charge in [0.25, 0.3) is 5.91 Å². The Hall–Kier alpha value is -2.04. The van der Waals surface area contributed by atoms with Gasteiger partial charge in [0.05, 0.1) is 0 Å². The molecule has 0 radical (unpaired) electrons. The fourth-order valence-corrected chi connectivity index (χ4v) is 2.13. The Bertz CT molecular complexity index is 485. The lowest BCUT2D eigenvalue weighted by atomic mass is 10.0. The van der Waals surface area contributed by atoms with Crippen molar-refractivity contribution in [3.8, 4) is 0 Å². The molecule has 1 atom stereocenters. The molecular weight excluding hydrogens is 288 g/mol. The number of benzene rings is 1. The third-order valence-corrected chi connectivity index (χ3v) is 3.52. The normalized spacial score (nSPS) is 12.8. The molecular formula is C18H30N4O. The highest BCUT2D eigenvalue weighted by atomic mass is 16.1. The molecule has 0 saturated heterocycles. The zero-order valence-corrected chi connectivity index (χ0v) is 14.7. The van der Waals surface area contributed by atoms with Crippen molar-refractivity contribution in [1.82, 2.24) is 16.0 Å². The average molecular weight is 318 g/mol. The van der Waals surface area contributed by atoms with Gasteiger partial charge in [-0.25, -0.2) is 0 Å². The maximum Gasteiger partial charge on any atom is 0.251 e. The van der Waals surface area contributed by atoms with Crippen LogP contribution in [0.15, 0.2) is 35.3 Å². The van der Waals surface area contributed by atoms with E-state index in [9.17, 15) is 4.79 Å². The Morgan fingerprint density at radius 3 is 2.30 bits per heavy atom. The number of aliphatic imine (C=N–C) groups is 1. The number of nitrogens with one attached hydrogen (secondary N) is 3. The van der Waals surface area contributed by atoms with E-state index < -0.39 is 0 Å². The van der Waals surface area contributed by atoms with Gasteiger partial charge in [-0.05, 0) is 37.8 Å². The monoisotopic (exact) mass is 318 g/mol. The van der Waals surface area contributed by atoms with Crippen LogP contribution in [0.4, 0.5) is 0 Å². The Morgan fingerprint density at radius 2 is 1.70 bits per heavy atom. The predicted molar refractivity (Wildman–Crippen MR) is 96.8 cm³/mol. The maximum atomic E-state index is 11.9. The quantitative estimate of drug-likeness (QED) is 0.392. The summed E-state index contributed by atoms with van der Waals surface area (Å²) in [6.45, 7) is 7.81. The van der Waals surface area contributed by atoms with E-state index in [-0.39, 0.29) is 5.91 Å². The summed E-state index contributed by atoms with van der Waals surface area (Å²) in [4.78, 5) is 16.1. The van der Waals surface area contributed by atoms with Crippen molar-refractivity contribution in [2.45, 2.75) is 39.7 Å².